The molecule has 6 heteroatoms. The number of hydrogen-bond donors (Lipinski definition) is 2. The van der Waals surface area contributed by atoms with Gasteiger partial charge in [0, 0.05) is 19.2 Å². The number of carboxylic acids is 1. The molecule has 0 radical (unpaired) electrons. The summed E-state index contributed by atoms with van der Waals surface area (Å²) in [7, 11) is 1.59. The van der Waals surface area contributed by atoms with Crippen molar-refractivity contribution in [1.29, 1.82) is 0 Å². The van der Waals surface area contributed by atoms with Gasteiger partial charge in [0.05, 0.1) is 13.0 Å². The van der Waals surface area contributed by atoms with Crippen molar-refractivity contribution < 1.29 is 24.2 Å². The summed E-state index contributed by atoms with van der Waals surface area (Å²) in [6, 6.07) is 6.61. The van der Waals surface area contributed by atoms with Crippen molar-refractivity contribution in [2.75, 3.05) is 26.9 Å². The Bertz CT molecular complexity index is 416. The Kier molecular flexibility index (Phi) is 6.38. The first-order chi connectivity index (χ1) is 9.13. The van der Waals surface area contributed by atoms with Crippen LogP contribution in [0.25, 0.3) is 0 Å². The maximum absolute atomic E-state index is 11.6. The van der Waals surface area contributed by atoms with Crippen LogP contribution in [0.3, 0.4) is 0 Å². The van der Waals surface area contributed by atoms with E-state index >= 15 is 0 Å². The van der Waals surface area contributed by atoms with Gasteiger partial charge < -0.3 is 19.9 Å². The highest BCUT2D eigenvalue weighted by molar-refractivity contribution is 5.94. The zero-order valence-corrected chi connectivity index (χ0v) is 10.7. The van der Waals surface area contributed by atoms with Crippen LogP contribution in [0.4, 0.5) is 0 Å². The van der Waals surface area contributed by atoms with Crippen molar-refractivity contribution in [3.8, 4) is 5.75 Å². The van der Waals surface area contributed by atoms with Gasteiger partial charge in [-0.25, -0.2) is 0 Å². The van der Waals surface area contributed by atoms with Crippen LogP contribution >= 0.6 is 0 Å². The molecule has 6 nitrogen and oxygen atoms in total. The molecule has 104 valence electrons. The lowest BCUT2D eigenvalue weighted by atomic mass is 10.2. The lowest BCUT2D eigenvalue weighted by molar-refractivity contribution is -0.136. The van der Waals surface area contributed by atoms with E-state index in [-0.39, 0.29) is 18.9 Å². The number of amides is 1. The van der Waals surface area contributed by atoms with E-state index < -0.39 is 5.97 Å². The quantitative estimate of drug-likeness (QED) is 0.684. The second kappa shape index (κ2) is 8.10. The maximum Gasteiger partial charge on any atom is 0.305 e. The van der Waals surface area contributed by atoms with Gasteiger partial charge in [-0.1, -0.05) is 0 Å². The molecular formula is C13H17NO5. The van der Waals surface area contributed by atoms with E-state index in [1.807, 2.05) is 0 Å². The van der Waals surface area contributed by atoms with E-state index in [4.69, 9.17) is 14.6 Å². The Labute approximate surface area is 111 Å². The molecule has 0 heterocycles. The molecule has 0 fully saturated rings. The summed E-state index contributed by atoms with van der Waals surface area (Å²) in [5, 5.41) is 11.0. The van der Waals surface area contributed by atoms with Crippen molar-refractivity contribution in [2.45, 2.75) is 6.42 Å². The van der Waals surface area contributed by atoms with E-state index in [9.17, 15) is 9.59 Å². The molecule has 1 aromatic carbocycles. The molecule has 0 aliphatic rings. The van der Waals surface area contributed by atoms with Crippen molar-refractivity contribution in [3.05, 3.63) is 29.8 Å². The molecule has 0 bridgehead atoms. The Hall–Kier alpha value is -2.08. The van der Waals surface area contributed by atoms with Gasteiger partial charge in [0.2, 0.25) is 0 Å². The van der Waals surface area contributed by atoms with Crippen LogP contribution in [0.2, 0.25) is 0 Å². The predicted molar refractivity (Wildman–Crippen MR) is 68.4 cm³/mol. The number of benzene rings is 1. The second-order valence-corrected chi connectivity index (χ2v) is 3.77. The number of ether oxygens (including phenoxy) is 2. The predicted octanol–water partition coefficient (Wildman–Crippen LogP) is 0.916. The molecule has 0 spiro atoms. The topological polar surface area (TPSA) is 84.9 Å². The van der Waals surface area contributed by atoms with Crippen molar-refractivity contribution in [3.63, 3.8) is 0 Å². The molecule has 0 atom stereocenters. The van der Waals surface area contributed by atoms with Gasteiger partial charge >= 0.3 is 5.97 Å². The molecule has 0 aliphatic carbocycles. The summed E-state index contributed by atoms with van der Waals surface area (Å²) < 4.78 is 10.2. The largest absolute Gasteiger partial charge is 0.491 e. The normalized spacial score (nSPS) is 9.95. The summed E-state index contributed by atoms with van der Waals surface area (Å²) in [5.74, 6) is -0.592. The third kappa shape index (κ3) is 5.87. The molecule has 0 saturated heterocycles. The van der Waals surface area contributed by atoms with Crippen LogP contribution in [-0.2, 0) is 9.53 Å². The molecule has 19 heavy (non-hydrogen) atoms. The fraction of sp³-hybridized carbons (Fsp3) is 0.385. The van der Waals surface area contributed by atoms with Crippen LogP contribution in [0.15, 0.2) is 24.3 Å². The van der Waals surface area contributed by atoms with Crippen LogP contribution in [0.1, 0.15) is 16.8 Å². The Morgan fingerprint density at radius 1 is 1.21 bits per heavy atom. The first-order valence-corrected chi connectivity index (χ1v) is 5.85. The fourth-order valence-electron chi connectivity index (χ4n) is 1.33. The van der Waals surface area contributed by atoms with Crippen molar-refractivity contribution in [2.24, 2.45) is 0 Å². The van der Waals surface area contributed by atoms with E-state index in [1.165, 1.54) is 0 Å². The number of nitrogens with one attached hydrogen (secondary N) is 1. The SMILES string of the molecule is COCCOc1ccc(C(=O)NCCC(=O)O)cc1. The monoisotopic (exact) mass is 267 g/mol. The summed E-state index contributed by atoms with van der Waals surface area (Å²) in [6.07, 6.45) is -0.0933. The van der Waals surface area contributed by atoms with E-state index in [0.29, 0.717) is 24.5 Å². The van der Waals surface area contributed by atoms with Crippen LogP contribution < -0.4 is 10.1 Å². The molecule has 0 aromatic heterocycles. The molecule has 1 aromatic rings. The smallest absolute Gasteiger partial charge is 0.305 e. The van der Waals surface area contributed by atoms with E-state index in [1.54, 1.807) is 31.4 Å². The third-order valence-corrected chi connectivity index (χ3v) is 2.30. The zero-order chi connectivity index (χ0) is 14.1. The van der Waals surface area contributed by atoms with Crippen LogP contribution in [0.5, 0.6) is 5.75 Å². The summed E-state index contributed by atoms with van der Waals surface area (Å²) in [5.41, 5.74) is 0.462. The zero-order valence-electron chi connectivity index (χ0n) is 10.7. The summed E-state index contributed by atoms with van der Waals surface area (Å²) in [6.45, 7) is 1.05. The number of hydrogen-bond acceptors (Lipinski definition) is 4. The standard InChI is InChI=1S/C13H17NO5/c1-18-8-9-19-11-4-2-10(3-5-11)13(17)14-7-6-12(15)16/h2-5H,6-9H2,1H3,(H,14,17)(H,15,16). The van der Waals surface area contributed by atoms with E-state index in [2.05, 4.69) is 5.32 Å². The van der Waals surface area contributed by atoms with Gasteiger partial charge in [-0.3, -0.25) is 9.59 Å². The minimum Gasteiger partial charge on any atom is -0.491 e. The van der Waals surface area contributed by atoms with Crippen LogP contribution in [0, 0.1) is 0 Å². The first kappa shape index (κ1) is 15.0. The highest BCUT2D eigenvalue weighted by atomic mass is 16.5. The lowest BCUT2D eigenvalue weighted by Crippen LogP contribution is -2.25. The van der Waals surface area contributed by atoms with Crippen LogP contribution in [-0.4, -0.2) is 43.9 Å². The Morgan fingerprint density at radius 2 is 1.89 bits per heavy atom. The Morgan fingerprint density at radius 3 is 2.47 bits per heavy atom. The van der Waals surface area contributed by atoms with Gasteiger partial charge in [0.15, 0.2) is 0 Å². The number of aliphatic carboxylic acids is 1. The molecule has 2 N–H and O–H groups in total. The highest BCUT2D eigenvalue weighted by Crippen LogP contribution is 2.12. The second-order valence-electron chi connectivity index (χ2n) is 3.77. The highest BCUT2D eigenvalue weighted by Gasteiger charge is 2.06. The maximum atomic E-state index is 11.6. The number of rotatable bonds is 8. The average molecular weight is 267 g/mol. The lowest BCUT2D eigenvalue weighted by Gasteiger charge is -2.07. The van der Waals surface area contributed by atoms with Crippen molar-refractivity contribution in [1.82, 2.24) is 5.32 Å². The van der Waals surface area contributed by atoms with Gasteiger partial charge in [0.25, 0.3) is 5.91 Å². The number of methoxy groups -OCH3 is 1. The molecule has 0 aliphatic heterocycles. The minimum absolute atomic E-state index is 0.0933. The average Bonchev–Trinajstić information content (AvgIpc) is 2.39. The molecular weight excluding hydrogens is 250 g/mol. The number of carboxylic acid groups (broad SMARTS) is 1. The minimum atomic E-state index is -0.942. The summed E-state index contributed by atoms with van der Waals surface area (Å²) in [4.78, 5) is 21.9. The fourth-order valence-corrected chi connectivity index (χ4v) is 1.33. The third-order valence-electron chi connectivity index (χ3n) is 2.30. The van der Waals surface area contributed by atoms with Gasteiger partial charge in [0.1, 0.15) is 12.4 Å². The van der Waals surface area contributed by atoms with Gasteiger partial charge in [-0.05, 0) is 24.3 Å². The Balaban J connectivity index is 2.41. The molecule has 0 unspecified atom stereocenters. The number of carbonyl (C=O) groups excluding carboxylic acids is 1. The van der Waals surface area contributed by atoms with E-state index in [0.717, 1.165) is 0 Å². The summed E-state index contributed by atoms with van der Waals surface area (Å²) >= 11 is 0. The van der Waals surface area contributed by atoms with Crippen molar-refractivity contribution >= 4 is 11.9 Å². The number of carbonyl (C=O) groups is 2. The first-order valence-electron chi connectivity index (χ1n) is 5.85. The molecule has 0 saturated carbocycles. The molecule has 1 amide bonds. The van der Waals surface area contributed by atoms with Gasteiger partial charge in [-0.2, -0.15) is 0 Å². The molecule has 1 rings (SSSR count). The van der Waals surface area contributed by atoms with Gasteiger partial charge in [-0.15, -0.1) is 0 Å².